The standard InChI is InChI=1S/C26H23BF2N6/c1-16-4-2-7-22(32-16)26-25(17-8-9-21-23(14-17)31-12-11-30-21)33-24(34-26)15-35(27)13-10-18-19(28)5-3-6-20(18)29/h2-9,11-12,14H,10,13,15,27H2,1H3,(H,33,34). The Labute approximate surface area is 202 Å². The van der Waals surface area contributed by atoms with Gasteiger partial charge in [0.1, 0.15) is 23.2 Å². The second-order valence-corrected chi connectivity index (χ2v) is 8.52. The van der Waals surface area contributed by atoms with E-state index in [9.17, 15) is 8.78 Å². The summed E-state index contributed by atoms with van der Waals surface area (Å²) in [5.74, 6) is -0.314. The van der Waals surface area contributed by atoms with E-state index in [1.165, 1.54) is 18.2 Å². The van der Waals surface area contributed by atoms with Crippen molar-refractivity contribution in [1.82, 2.24) is 29.7 Å². The lowest BCUT2D eigenvalue weighted by atomic mass is 10.1. The van der Waals surface area contributed by atoms with Gasteiger partial charge in [-0.2, -0.15) is 0 Å². The molecule has 0 saturated carbocycles. The van der Waals surface area contributed by atoms with Crippen LogP contribution in [0.2, 0.25) is 0 Å². The Balaban J connectivity index is 1.45. The Hall–Kier alpha value is -3.98. The zero-order valence-electron chi connectivity index (χ0n) is 19.5. The van der Waals surface area contributed by atoms with E-state index in [0.717, 1.165) is 45.2 Å². The molecule has 0 atom stereocenters. The van der Waals surface area contributed by atoms with Gasteiger partial charge in [0.25, 0.3) is 0 Å². The largest absolute Gasteiger partial charge is 0.342 e. The van der Waals surface area contributed by atoms with Crippen LogP contribution < -0.4 is 0 Å². The molecule has 0 bridgehead atoms. The number of imidazole rings is 1. The van der Waals surface area contributed by atoms with Gasteiger partial charge in [-0.1, -0.05) is 18.2 Å². The number of halogens is 2. The Kier molecular flexibility index (Phi) is 6.33. The van der Waals surface area contributed by atoms with Crippen LogP contribution in [0.3, 0.4) is 0 Å². The van der Waals surface area contributed by atoms with Crippen LogP contribution in [0.1, 0.15) is 17.1 Å². The molecule has 0 fully saturated rings. The number of aromatic amines is 1. The van der Waals surface area contributed by atoms with Crippen molar-refractivity contribution < 1.29 is 8.78 Å². The fourth-order valence-electron chi connectivity index (χ4n) is 4.09. The number of aromatic nitrogens is 5. The van der Waals surface area contributed by atoms with E-state index in [2.05, 4.69) is 19.9 Å². The summed E-state index contributed by atoms with van der Waals surface area (Å²) < 4.78 is 28.0. The van der Waals surface area contributed by atoms with Gasteiger partial charge in [0.05, 0.1) is 22.4 Å². The van der Waals surface area contributed by atoms with Crippen LogP contribution in [-0.2, 0) is 13.0 Å². The molecule has 0 saturated heterocycles. The summed E-state index contributed by atoms with van der Waals surface area (Å²) in [6.07, 6.45) is 3.60. The van der Waals surface area contributed by atoms with Crippen molar-refractivity contribution in [2.75, 3.05) is 6.54 Å². The molecule has 5 aromatic rings. The molecule has 0 aliphatic heterocycles. The third-order valence-corrected chi connectivity index (χ3v) is 5.87. The van der Waals surface area contributed by atoms with Gasteiger partial charge in [0, 0.05) is 35.8 Å². The van der Waals surface area contributed by atoms with Crippen LogP contribution in [0.5, 0.6) is 0 Å². The molecule has 0 amide bonds. The molecule has 3 aromatic heterocycles. The average Bonchev–Trinajstić information content (AvgIpc) is 3.27. The number of nitrogens with zero attached hydrogens (tertiary/aromatic N) is 5. The van der Waals surface area contributed by atoms with Crippen molar-refractivity contribution in [3.05, 3.63) is 95.7 Å². The predicted molar refractivity (Wildman–Crippen MR) is 134 cm³/mol. The number of pyridine rings is 1. The zero-order chi connectivity index (χ0) is 24.4. The highest BCUT2D eigenvalue weighted by atomic mass is 19.1. The SMILES string of the molecule is BN(CCc1c(F)cccc1F)Cc1nc(-c2cccc(C)n2)c(-c2ccc3nccnc3c2)[nH]1. The minimum Gasteiger partial charge on any atom is -0.342 e. The van der Waals surface area contributed by atoms with Crippen molar-refractivity contribution >= 4 is 19.0 Å². The molecule has 0 radical (unpaired) electrons. The molecular formula is C26H23BF2N6. The summed E-state index contributed by atoms with van der Waals surface area (Å²) in [6.45, 7) is 2.89. The van der Waals surface area contributed by atoms with E-state index in [0.29, 0.717) is 13.1 Å². The molecule has 0 aliphatic carbocycles. The molecule has 0 aliphatic rings. The van der Waals surface area contributed by atoms with E-state index in [1.807, 2.05) is 56.1 Å². The van der Waals surface area contributed by atoms with Gasteiger partial charge in [-0.25, -0.2) is 13.8 Å². The molecule has 6 nitrogen and oxygen atoms in total. The van der Waals surface area contributed by atoms with Crippen molar-refractivity contribution in [3.63, 3.8) is 0 Å². The first-order chi connectivity index (χ1) is 17.0. The topological polar surface area (TPSA) is 70.6 Å². The second kappa shape index (κ2) is 9.72. The number of nitrogens with one attached hydrogen (secondary N) is 1. The summed E-state index contributed by atoms with van der Waals surface area (Å²) >= 11 is 0. The Morgan fingerprint density at radius 2 is 1.66 bits per heavy atom. The smallest absolute Gasteiger partial charge is 0.186 e. The first kappa shape index (κ1) is 22.8. The third kappa shape index (κ3) is 4.95. The maximum atomic E-state index is 14.0. The van der Waals surface area contributed by atoms with Gasteiger partial charge in [-0.05, 0) is 56.3 Å². The molecule has 35 heavy (non-hydrogen) atoms. The maximum Gasteiger partial charge on any atom is 0.186 e. The van der Waals surface area contributed by atoms with E-state index in [1.54, 1.807) is 12.4 Å². The van der Waals surface area contributed by atoms with Crippen LogP contribution in [-0.4, -0.2) is 44.3 Å². The zero-order valence-corrected chi connectivity index (χ0v) is 19.5. The van der Waals surface area contributed by atoms with Gasteiger partial charge in [-0.15, -0.1) is 0 Å². The highest BCUT2D eigenvalue weighted by Gasteiger charge is 2.17. The van der Waals surface area contributed by atoms with Crippen molar-refractivity contribution in [1.29, 1.82) is 0 Å². The maximum absolute atomic E-state index is 14.0. The Bertz CT molecular complexity index is 1480. The summed E-state index contributed by atoms with van der Waals surface area (Å²) in [6, 6.07) is 15.7. The van der Waals surface area contributed by atoms with Gasteiger partial charge >= 0.3 is 0 Å². The lowest BCUT2D eigenvalue weighted by molar-refractivity contribution is 0.431. The number of hydrogen-bond donors (Lipinski definition) is 1. The molecule has 0 spiro atoms. The van der Waals surface area contributed by atoms with Crippen LogP contribution in [0, 0.1) is 18.6 Å². The summed E-state index contributed by atoms with van der Waals surface area (Å²) in [5, 5.41) is 0. The van der Waals surface area contributed by atoms with Crippen molar-refractivity contribution in [3.8, 4) is 22.6 Å². The average molecular weight is 468 g/mol. The highest BCUT2D eigenvalue weighted by molar-refractivity contribution is 6.04. The van der Waals surface area contributed by atoms with Gasteiger partial charge < -0.3 is 9.79 Å². The molecule has 1 N–H and O–H groups in total. The van der Waals surface area contributed by atoms with Crippen molar-refractivity contribution in [2.24, 2.45) is 0 Å². The number of rotatable bonds is 7. The summed E-state index contributed by atoms with van der Waals surface area (Å²) in [7, 11) is 1.90. The fraction of sp³-hybridized carbons (Fsp3) is 0.154. The minimum atomic E-state index is -0.522. The molecule has 0 unspecified atom stereocenters. The molecule has 2 aromatic carbocycles. The molecular weight excluding hydrogens is 445 g/mol. The van der Waals surface area contributed by atoms with E-state index in [4.69, 9.17) is 4.98 Å². The van der Waals surface area contributed by atoms with E-state index >= 15 is 0 Å². The molecule has 9 heteroatoms. The van der Waals surface area contributed by atoms with Gasteiger partial charge in [0.2, 0.25) is 0 Å². The van der Waals surface area contributed by atoms with Gasteiger partial charge in [0.15, 0.2) is 7.98 Å². The molecule has 5 rings (SSSR count). The lowest BCUT2D eigenvalue weighted by Crippen LogP contribution is -2.23. The number of H-pyrrole nitrogens is 1. The Morgan fingerprint density at radius 1 is 0.914 bits per heavy atom. The minimum absolute atomic E-state index is 0.0985. The van der Waals surface area contributed by atoms with E-state index < -0.39 is 11.6 Å². The number of aryl methyl sites for hydroxylation is 1. The summed E-state index contributed by atoms with van der Waals surface area (Å²) in [4.78, 5) is 23.7. The van der Waals surface area contributed by atoms with E-state index in [-0.39, 0.29) is 12.0 Å². The molecule has 174 valence electrons. The monoisotopic (exact) mass is 468 g/mol. The molecule has 3 heterocycles. The lowest BCUT2D eigenvalue weighted by Gasteiger charge is -2.16. The highest BCUT2D eigenvalue weighted by Crippen LogP contribution is 2.31. The predicted octanol–water partition coefficient (Wildman–Crippen LogP) is 4.26. The second-order valence-electron chi connectivity index (χ2n) is 8.52. The quantitative estimate of drug-likeness (QED) is 0.362. The first-order valence-electron chi connectivity index (χ1n) is 11.3. The van der Waals surface area contributed by atoms with Crippen LogP contribution in [0.15, 0.2) is 67.0 Å². The Morgan fingerprint density at radius 3 is 2.43 bits per heavy atom. The fourth-order valence-corrected chi connectivity index (χ4v) is 4.09. The van der Waals surface area contributed by atoms with Crippen LogP contribution >= 0.6 is 0 Å². The number of benzene rings is 2. The van der Waals surface area contributed by atoms with Gasteiger partial charge in [-0.3, -0.25) is 15.0 Å². The first-order valence-corrected chi connectivity index (χ1v) is 11.3. The third-order valence-electron chi connectivity index (χ3n) is 5.87. The normalized spacial score (nSPS) is 11.4. The van der Waals surface area contributed by atoms with Crippen LogP contribution in [0.4, 0.5) is 8.78 Å². The van der Waals surface area contributed by atoms with Crippen molar-refractivity contribution in [2.45, 2.75) is 19.9 Å². The summed E-state index contributed by atoms with van der Waals surface area (Å²) in [5.41, 5.74) is 5.84. The number of hydrogen-bond acceptors (Lipinski definition) is 5. The van der Waals surface area contributed by atoms with Crippen LogP contribution in [0.25, 0.3) is 33.7 Å². The number of fused-ring (bicyclic) bond motifs is 1.